The third-order valence-electron chi connectivity index (χ3n) is 0. The summed E-state index contributed by atoms with van der Waals surface area (Å²) in [6, 6.07) is 0. The molecule has 0 aromatic rings. The molecule has 0 spiro atoms. The Morgan fingerprint density at radius 2 is 1.50 bits per heavy atom. The van der Waals surface area contributed by atoms with Gasteiger partial charge >= 0.3 is 0 Å². The molecule has 0 unspecified atom stereocenters. The molecular formula is CHClSi2. The van der Waals surface area contributed by atoms with Crippen molar-refractivity contribution in [2.24, 2.45) is 0 Å². The summed E-state index contributed by atoms with van der Waals surface area (Å²) in [5, 5.41) is 0. The Morgan fingerprint density at radius 1 is 1.50 bits per heavy atom. The average molecular weight is 105 g/mol. The number of hydrogen-bond donors (Lipinski definition) is 0. The van der Waals surface area contributed by atoms with Crippen molar-refractivity contribution in [2.75, 3.05) is 0 Å². The summed E-state index contributed by atoms with van der Waals surface area (Å²) >= 11 is 5.10. The molecule has 0 fully saturated rings. The van der Waals surface area contributed by atoms with Gasteiger partial charge in [-0.1, -0.05) is 0 Å². The van der Waals surface area contributed by atoms with Gasteiger partial charge in [-0.15, -0.1) is 11.6 Å². The van der Waals surface area contributed by atoms with Crippen LogP contribution < -0.4 is 0 Å². The highest BCUT2D eigenvalue weighted by Gasteiger charge is 1.73. The van der Waals surface area contributed by atoms with Gasteiger partial charge in [0.2, 0.25) is 0 Å². The normalized spacial score (nSPS) is 9.00. The van der Waals surface area contributed by atoms with Crippen LogP contribution in [0.25, 0.3) is 0 Å². The van der Waals surface area contributed by atoms with E-state index >= 15 is 0 Å². The Labute approximate surface area is 37.4 Å². The molecule has 0 saturated carbocycles. The molecule has 0 aliphatic heterocycles. The lowest BCUT2D eigenvalue weighted by molar-refractivity contribution is 1.95. The van der Waals surface area contributed by atoms with E-state index in [1.807, 2.05) is 0 Å². The second-order valence-electron chi connectivity index (χ2n) is 0.363. The second kappa shape index (κ2) is 1.99. The summed E-state index contributed by atoms with van der Waals surface area (Å²) in [7, 11) is 5.98. The molecule has 0 heterocycles. The minimum atomic E-state index is -0.0833. The van der Waals surface area contributed by atoms with Gasteiger partial charge in [0, 0.05) is 25.1 Å². The van der Waals surface area contributed by atoms with Crippen molar-refractivity contribution in [2.45, 2.75) is 4.62 Å². The largest absolute Gasteiger partial charge is 0.132 e. The Morgan fingerprint density at radius 3 is 1.50 bits per heavy atom. The number of halogens is 1. The lowest BCUT2D eigenvalue weighted by Crippen LogP contribution is -1.90. The highest BCUT2D eigenvalue weighted by Crippen LogP contribution is 1.72. The second-order valence-corrected chi connectivity index (χ2v) is 3.26. The van der Waals surface area contributed by atoms with Crippen LogP contribution in [0.3, 0.4) is 0 Å². The molecule has 4 heavy (non-hydrogen) atoms. The predicted octanol–water partition coefficient (Wildman–Crippen LogP) is -0.154. The van der Waals surface area contributed by atoms with Crippen LogP contribution >= 0.6 is 11.6 Å². The number of alkyl halides is 1. The maximum Gasteiger partial charge on any atom is 0.0431 e. The van der Waals surface area contributed by atoms with Crippen LogP contribution in [-0.4, -0.2) is 25.1 Å². The highest BCUT2D eigenvalue weighted by atomic mass is 35.5. The van der Waals surface area contributed by atoms with Gasteiger partial charge < -0.3 is 0 Å². The third-order valence-corrected chi connectivity index (χ3v) is 0. The third kappa shape index (κ3) is 15.5. The Balaban J connectivity index is 2.32. The highest BCUT2D eigenvalue weighted by molar-refractivity contribution is 6.57. The van der Waals surface area contributed by atoms with Gasteiger partial charge in [0.15, 0.2) is 0 Å². The summed E-state index contributed by atoms with van der Waals surface area (Å²) in [5.74, 6) is 0. The number of rotatable bonds is 0. The minimum absolute atomic E-state index is 0.0833. The molecule has 0 saturated heterocycles. The first kappa shape index (κ1) is 4.72. The zero-order valence-corrected chi connectivity index (χ0v) is 4.71. The molecule has 6 radical (unpaired) electrons. The van der Waals surface area contributed by atoms with Crippen LogP contribution in [0.5, 0.6) is 0 Å². The Hall–Kier alpha value is 0.724. The lowest BCUT2D eigenvalue weighted by atomic mass is 11.8. The van der Waals surface area contributed by atoms with E-state index in [1.54, 1.807) is 0 Å². The van der Waals surface area contributed by atoms with E-state index in [0.29, 0.717) is 0 Å². The smallest absolute Gasteiger partial charge is 0.0431 e. The van der Waals surface area contributed by atoms with E-state index in [1.165, 1.54) is 0 Å². The molecular weight excluding hydrogens is 104 g/mol. The standard InChI is InChI=1S/CHClSi2/c2-1(3)4/h1H. The maximum atomic E-state index is 5.10. The van der Waals surface area contributed by atoms with Crippen molar-refractivity contribution >= 4 is 32.1 Å². The van der Waals surface area contributed by atoms with E-state index in [-0.39, 0.29) is 4.62 Å². The zero-order valence-electron chi connectivity index (χ0n) is 1.96. The first-order valence-corrected chi connectivity index (χ1v) is 2.39. The van der Waals surface area contributed by atoms with Gasteiger partial charge in [-0.2, -0.15) is 0 Å². The minimum Gasteiger partial charge on any atom is -0.132 e. The van der Waals surface area contributed by atoms with Crippen molar-refractivity contribution in [3.05, 3.63) is 0 Å². The summed E-state index contributed by atoms with van der Waals surface area (Å²) in [4.78, 5) is 0. The molecule has 0 atom stereocenters. The Bertz CT molecular complexity index is 10.8. The maximum absolute atomic E-state index is 5.10. The first-order valence-electron chi connectivity index (χ1n) is 0.796. The molecule has 0 aromatic heterocycles. The monoisotopic (exact) mass is 104 g/mol. The molecule has 0 bridgehead atoms. The van der Waals surface area contributed by atoms with Crippen molar-refractivity contribution in [3.8, 4) is 0 Å². The first-order chi connectivity index (χ1) is 1.73. The van der Waals surface area contributed by atoms with Gasteiger partial charge in [-0.3, -0.25) is 0 Å². The lowest BCUT2D eigenvalue weighted by Gasteiger charge is -1.74. The summed E-state index contributed by atoms with van der Waals surface area (Å²) in [6.07, 6.45) is 0. The SMILES string of the molecule is [Si]C([Si])Cl. The number of hydrogen-bond acceptors (Lipinski definition) is 0. The quantitative estimate of drug-likeness (QED) is 0.296. The molecule has 0 aliphatic rings. The van der Waals surface area contributed by atoms with E-state index < -0.39 is 0 Å². The molecule has 0 nitrogen and oxygen atoms in total. The van der Waals surface area contributed by atoms with Crippen molar-refractivity contribution in [1.29, 1.82) is 0 Å². The van der Waals surface area contributed by atoms with Crippen LogP contribution in [-0.2, 0) is 0 Å². The van der Waals surface area contributed by atoms with Crippen LogP contribution in [0.2, 0.25) is 0 Å². The topological polar surface area (TPSA) is 0 Å². The van der Waals surface area contributed by atoms with E-state index in [4.69, 9.17) is 11.6 Å². The van der Waals surface area contributed by atoms with E-state index in [0.717, 1.165) is 0 Å². The molecule has 0 aromatic carbocycles. The Kier molecular flexibility index (Phi) is 2.35. The average Bonchev–Trinajstić information content (AvgIpc) is 0.811. The fourth-order valence-electron chi connectivity index (χ4n) is 0. The molecule has 0 N–H and O–H groups in total. The summed E-state index contributed by atoms with van der Waals surface area (Å²) in [6.45, 7) is 0. The van der Waals surface area contributed by atoms with Gasteiger partial charge in [0.25, 0.3) is 0 Å². The fraction of sp³-hybridized carbons (Fsp3) is 1.00. The van der Waals surface area contributed by atoms with Crippen molar-refractivity contribution in [1.82, 2.24) is 0 Å². The van der Waals surface area contributed by atoms with Crippen LogP contribution in [0.4, 0.5) is 0 Å². The molecule has 0 aliphatic carbocycles. The van der Waals surface area contributed by atoms with Gasteiger partial charge in [-0.05, 0) is 0 Å². The van der Waals surface area contributed by atoms with Gasteiger partial charge in [-0.25, -0.2) is 0 Å². The molecule has 0 rings (SSSR count). The predicted molar refractivity (Wildman–Crippen MR) is 21.1 cm³/mol. The van der Waals surface area contributed by atoms with Crippen molar-refractivity contribution < 1.29 is 0 Å². The molecule has 3 heteroatoms. The van der Waals surface area contributed by atoms with Crippen LogP contribution in [0.1, 0.15) is 0 Å². The fourth-order valence-corrected chi connectivity index (χ4v) is 0. The van der Waals surface area contributed by atoms with Gasteiger partial charge in [0.05, 0.1) is 0 Å². The molecule has 0 amide bonds. The summed E-state index contributed by atoms with van der Waals surface area (Å²) < 4.78 is -0.0833. The van der Waals surface area contributed by atoms with Crippen molar-refractivity contribution in [3.63, 3.8) is 0 Å². The zero-order chi connectivity index (χ0) is 3.58. The van der Waals surface area contributed by atoms with Crippen LogP contribution in [0, 0.1) is 0 Å². The summed E-state index contributed by atoms with van der Waals surface area (Å²) in [5.41, 5.74) is 0. The van der Waals surface area contributed by atoms with E-state index in [9.17, 15) is 0 Å². The van der Waals surface area contributed by atoms with E-state index in [2.05, 4.69) is 20.5 Å². The van der Waals surface area contributed by atoms with Crippen LogP contribution in [0.15, 0.2) is 0 Å². The van der Waals surface area contributed by atoms with Gasteiger partial charge in [0.1, 0.15) is 0 Å². The molecule has 20 valence electrons.